The van der Waals surface area contributed by atoms with E-state index in [1.54, 1.807) is 0 Å². The monoisotopic (exact) mass is 326 g/mol. The molecule has 4 saturated heterocycles. The molecule has 0 amide bonds. The first-order valence-electron chi connectivity index (χ1n) is 9.24. The van der Waals surface area contributed by atoms with Crippen molar-refractivity contribution < 1.29 is 24.4 Å². The second kappa shape index (κ2) is 5.40. The standard InChI is InChI=1S/C18H30O5/c1-10-5-6-14-12(3)15(9-11(2)19)20-16-18(14)13(10)7-8-17(4,21-16)22-23-18/h10-16,19H,5-9H2,1-4H3/t10-,11+,12-,13+,14+,15-,16-,17+,18-/m1/s1. The van der Waals surface area contributed by atoms with Crippen molar-refractivity contribution in [3.05, 3.63) is 0 Å². The maximum Gasteiger partial charge on any atom is 0.201 e. The summed E-state index contributed by atoms with van der Waals surface area (Å²) in [6.45, 7) is 8.33. The topological polar surface area (TPSA) is 57.2 Å². The molecule has 1 spiro atoms. The summed E-state index contributed by atoms with van der Waals surface area (Å²) >= 11 is 0. The number of aliphatic hydroxyl groups is 1. The summed E-state index contributed by atoms with van der Waals surface area (Å²) in [5.74, 6) is 0.961. The maximum absolute atomic E-state index is 9.85. The number of hydrogen-bond acceptors (Lipinski definition) is 5. The third kappa shape index (κ3) is 2.31. The van der Waals surface area contributed by atoms with Gasteiger partial charge >= 0.3 is 0 Å². The Morgan fingerprint density at radius 3 is 2.65 bits per heavy atom. The van der Waals surface area contributed by atoms with Crippen LogP contribution in [0.3, 0.4) is 0 Å². The van der Waals surface area contributed by atoms with Gasteiger partial charge in [-0.15, -0.1) is 0 Å². The van der Waals surface area contributed by atoms with Crippen LogP contribution < -0.4 is 0 Å². The second-order valence-corrected chi connectivity index (χ2v) is 8.53. The van der Waals surface area contributed by atoms with E-state index < -0.39 is 11.4 Å². The van der Waals surface area contributed by atoms with Crippen LogP contribution in [0.25, 0.3) is 0 Å². The van der Waals surface area contributed by atoms with E-state index in [1.165, 1.54) is 6.42 Å². The van der Waals surface area contributed by atoms with Crippen LogP contribution in [0.2, 0.25) is 0 Å². The first kappa shape index (κ1) is 16.3. The first-order chi connectivity index (χ1) is 10.9. The van der Waals surface area contributed by atoms with E-state index in [4.69, 9.17) is 19.2 Å². The van der Waals surface area contributed by atoms with Crippen molar-refractivity contribution in [3.8, 4) is 0 Å². The largest absolute Gasteiger partial charge is 0.393 e. The number of fused-ring (bicyclic) bond motifs is 2. The van der Waals surface area contributed by atoms with Gasteiger partial charge in [-0.2, -0.15) is 0 Å². The van der Waals surface area contributed by atoms with Gasteiger partial charge in [0.15, 0.2) is 11.9 Å². The minimum Gasteiger partial charge on any atom is -0.393 e. The van der Waals surface area contributed by atoms with Crippen molar-refractivity contribution in [1.29, 1.82) is 0 Å². The fraction of sp³-hybridized carbons (Fsp3) is 1.00. The Bertz CT molecular complexity index is 468. The molecule has 23 heavy (non-hydrogen) atoms. The van der Waals surface area contributed by atoms with Gasteiger partial charge in [0.05, 0.1) is 12.2 Å². The summed E-state index contributed by atoms with van der Waals surface area (Å²) in [5, 5.41) is 9.85. The number of aliphatic hydroxyl groups excluding tert-OH is 1. The summed E-state index contributed by atoms with van der Waals surface area (Å²) in [5.41, 5.74) is -0.484. The van der Waals surface area contributed by atoms with Crippen molar-refractivity contribution in [3.63, 3.8) is 0 Å². The van der Waals surface area contributed by atoms with E-state index >= 15 is 0 Å². The van der Waals surface area contributed by atoms with Gasteiger partial charge in [0, 0.05) is 12.3 Å². The molecule has 1 saturated carbocycles. The van der Waals surface area contributed by atoms with Crippen LogP contribution in [0.5, 0.6) is 0 Å². The minimum atomic E-state index is -0.715. The van der Waals surface area contributed by atoms with E-state index in [1.807, 2.05) is 13.8 Å². The Kier molecular flexibility index (Phi) is 3.82. The molecule has 0 aromatic carbocycles. The Hall–Kier alpha value is -0.200. The van der Waals surface area contributed by atoms with Crippen molar-refractivity contribution in [2.45, 2.75) is 89.7 Å². The zero-order valence-corrected chi connectivity index (χ0v) is 14.7. The van der Waals surface area contributed by atoms with Gasteiger partial charge in [-0.25, -0.2) is 9.78 Å². The lowest BCUT2D eigenvalue weighted by Gasteiger charge is -2.60. The van der Waals surface area contributed by atoms with E-state index in [2.05, 4.69) is 13.8 Å². The molecule has 9 atom stereocenters. The quantitative estimate of drug-likeness (QED) is 0.791. The highest BCUT2D eigenvalue weighted by molar-refractivity contribution is 5.09. The Morgan fingerprint density at radius 2 is 1.91 bits per heavy atom. The van der Waals surface area contributed by atoms with Gasteiger partial charge in [0.25, 0.3) is 0 Å². The number of ether oxygens (including phenoxy) is 2. The smallest absolute Gasteiger partial charge is 0.201 e. The number of hydrogen-bond donors (Lipinski definition) is 1. The fourth-order valence-corrected chi connectivity index (χ4v) is 5.58. The first-order valence-corrected chi connectivity index (χ1v) is 9.24. The molecule has 4 aliphatic heterocycles. The molecule has 0 aromatic heterocycles. The zero-order chi connectivity index (χ0) is 16.4. The highest BCUT2D eigenvalue weighted by Crippen LogP contribution is 2.60. The fourth-order valence-electron chi connectivity index (χ4n) is 5.58. The van der Waals surface area contributed by atoms with Gasteiger partial charge in [0.1, 0.15) is 0 Å². The average molecular weight is 326 g/mol. The lowest BCUT2D eigenvalue weighted by atomic mass is 9.57. The highest BCUT2D eigenvalue weighted by Gasteiger charge is 2.69. The SMILES string of the molecule is C[C@H]1[C@@H](C[C@H](C)O)O[C@@H]2O[C@]3(C)CC[C@H]4[C@H](C)CC[C@@H]1[C@@]24OO3. The van der Waals surface area contributed by atoms with Crippen LogP contribution in [-0.2, 0) is 19.2 Å². The van der Waals surface area contributed by atoms with E-state index in [0.717, 1.165) is 19.3 Å². The molecule has 0 unspecified atom stereocenters. The molecule has 5 heteroatoms. The predicted molar refractivity (Wildman–Crippen MR) is 83.1 cm³/mol. The van der Waals surface area contributed by atoms with Gasteiger partial charge < -0.3 is 14.6 Å². The molecule has 4 heterocycles. The normalized spacial score (nSPS) is 56.7. The molecule has 5 aliphatic rings. The zero-order valence-electron chi connectivity index (χ0n) is 14.7. The second-order valence-electron chi connectivity index (χ2n) is 8.53. The molecule has 5 nitrogen and oxygen atoms in total. The molecular formula is C18H30O5. The third-order valence-corrected chi connectivity index (χ3v) is 6.87. The van der Waals surface area contributed by atoms with Crippen molar-refractivity contribution >= 4 is 0 Å². The molecule has 1 N–H and O–H groups in total. The van der Waals surface area contributed by atoms with E-state index in [9.17, 15) is 5.11 Å². The maximum atomic E-state index is 9.85. The highest BCUT2D eigenvalue weighted by atomic mass is 17.3. The van der Waals surface area contributed by atoms with Crippen molar-refractivity contribution in [2.24, 2.45) is 23.7 Å². The van der Waals surface area contributed by atoms with Crippen LogP contribution in [0.1, 0.15) is 59.8 Å². The van der Waals surface area contributed by atoms with Crippen LogP contribution >= 0.6 is 0 Å². The van der Waals surface area contributed by atoms with Gasteiger partial charge in [-0.3, -0.25) is 0 Å². The molecule has 132 valence electrons. The third-order valence-electron chi connectivity index (χ3n) is 6.87. The van der Waals surface area contributed by atoms with Gasteiger partial charge in [-0.05, 0) is 57.3 Å². The number of rotatable bonds is 2. The van der Waals surface area contributed by atoms with Crippen molar-refractivity contribution in [2.75, 3.05) is 0 Å². The van der Waals surface area contributed by atoms with Crippen LogP contribution in [0.15, 0.2) is 0 Å². The van der Waals surface area contributed by atoms with Gasteiger partial charge in [-0.1, -0.05) is 13.8 Å². The molecule has 5 rings (SSSR count). The summed E-state index contributed by atoms with van der Waals surface area (Å²) in [7, 11) is 0. The molecule has 1 aliphatic carbocycles. The predicted octanol–water partition coefficient (Wildman–Crippen LogP) is 3.01. The Morgan fingerprint density at radius 1 is 1.13 bits per heavy atom. The minimum absolute atomic E-state index is 0.0104. The van der Waals surface area contributed by atoms with Gasteiger partial charge in [0.2, 0.25) is 5.79 Å². The summed E-state index contributed by atoms with van der Waals surface area (Å²) in [6.07, 6.45) is 4.12. The molecule has 2 bridgehead atoms. The average Bonchev–Trinajstić information content (AvgIpc) is 2.70. The molecule has 0 aromatic rings. The van der Waals surface area contributed by atoms with E-state index in [0.29, 0.717) is 30.1 Å². The Labute approximate surface area is 138 Å². The Balaban J connectivity index is 1.73. The van der Waals surface area contributed by atoms with Crippen molar-refractivity contribution in [1.82, 2.24) is 0 Å². The van der Waals surface area contributed by atoms with E-state index in [-0.39, 0.29) is 18.5 Å². The summed E-state index contributed by atoms with van der Waals surface area (Å²) < 4.78 is 12.7. The molecule has 5 fully saturated rings. The summed E-state index contributed by atoms with van der Waals surface area (Å²) in [6, 6.07) is 0. The molecule has 0 radical (unpaired) electrons. The lowest BCUT2D eigenvalue weighted by Crippen LogP contribution is -2.70. The van der Waals surface area contributed by atoms with Crippen LogP contribution in [0, 0.1) is 23.7 Å². The van der Waals surface area contributed by atoms with Crippen LogP contribution in [-0.4, -0.2) is 35.0 Å². The molecular weight excluding hydrogens is 296 g/mol. The van der Waals surface area contributed by atoms with Crippen LogP contribution in [0.4, 0.5) is 0 Å². The lowest BCUT2D eigenvalue weighted by molar-refractivity contribution is -0.571. The summed E-state index contributed by atoms with van der Waals surface area (Å²) in [4.78, 5) is 11.9.